The van der Waals surface area contributed by atoms with Gasteiger partial charge in [-0.15, -0.1) is 0 Å². The predicted molar refractivity (Wildman–Crippen MR) is 82.0 cm³/mol. The van der Waals surface area contributed by atoms with Gasteiger partial charge >= 0.3 is 5.97 Å². The molecular formula is C15H18BrNO3. The molecular weight excluding hydrogens is 322 g/mol. The highest BCUT2D eigenvalue weighted by molar-refractivity contribution is 9.10. The van der Waals surface area contributed by atoms with Gasteiger partial charge in [0.05, 0.1) is 0 Å². The summed E-state index contributed by atoms with van der Waals surface area (Å²) < 4.78 is 5.91. The first-order chi connectivity index (χ1) is 9.40. The first-order valence-electron chi connectivity index (χ1n) is 6.33. The van der Waals surface area contributed by atoms with Gasteiger partial charge in [0.1, 0.15) is 0 Å². The monoisotopic (exact) mass is 339 g/mol. The summed E-state index contributed by atoms with van der Waals surface area (Å²) in [6.45, 7) is 5.24. The van der Waals surface area contributed by atoms with Crippen LogP contribution in [0.2, 0.25) is 0 Å². The molecule has 5 heteroatoms. The summed E-state index contributed by atoms with van der Waals surface area (Å²) in [6, 6.07) is 7.51. The zero-order chi connectivity index (χ0) is 15.1. The minimum atomic E-state index is -0.811. The van der Waals surface area contributed by atoms with Crippen LogP contribution in [0.1, 0.15) is 26.3 Å². The molecule has 0 aliphatic carbocycles. The van der Waals surface area contributed by atoms with E-state index in [1.54, 1.807) is 13.0 Å². The molecule has 20 heavy (non-hydrogen) atoms. The summed E-state index contributed by atoms with van der Waals surface area (Å²) >= 11 is 3.38. The van der Waals surface area contributed by atoms with Crippen LogP contribution in [0, 0.1) is 0 Å². The lowest BCUT2D eigenvalue weighted by atomic mass is 10.2. The molecule has 1 amide bonds. The molecule has 0 heterocycles. The fraction of sp³-hybridized carbons (Fsp3) is 0.333. The third-order valence-electron chi connectivity index (χ3n) is 2.40. The smallest absolute Gasteiger partial charge is 0.331 e. The van der Waals surface area contributed by atoms with E-state index in [0.29, 0.717) is 0 Å². The Labute approximate surface area is 127 Å². The Kier molecular flexibility index (Phi) is 6.45. The number of amides is 1. The SMILES string of the molecule is CC(C)NC(=O)[C@@H](C)OC(=O)/C=C/c1ccccc1Br. The number of carbonyl (C=O) groups excluding carboxylic acids is 2. The van der Waals surface area contributed by atoms with Crippen molar-refractivity contribution in [3.8, 4) is 0 Å². The maximum Gasteiger partial charge on any atom is 0.331 e. The van der Waals surface area contributed by atoms with Crippen molar-refractivity contribution in [1.29, 1.82) is 0 Å². The number of rotatable bonds is 5. The Hall–Kier alpha value is -1.62. The van der Waals surface area contributed by atoms with E-state index in [1.807, 2.05) is 38.1 Å². The van der Waals surface area contributed by atoms with Crippen molar-refractivity contribution in [2.75, 3.05) is 0 Å². The third kappa shape index (κ3) is 5.57. The highest BCUT2D eigenvalue weighted by Crippen LogP contribution is 2.17. The van der Waals surface area contributed by atoms with E-state index in [4.69, 9.17) is 4.74 Å². The maximum absolute atomic E-state index is 11.6. The summed E-state index contributed by atoms with van der Waals surface area (Å²) in [5.74, 6) is -0.852. The van der Waals surface area contributed by atoms with E-state index in [-0.39, 0.29) is 11.9 Å². The van der Waals surface area contributed by atoms with Crippen LogP contribution in [0.5, 0.6) is 0 Å². The van der Waals surface area contributed by atoms with Gasteiger partial charge in [-0.1, -0.05) is 34.1 Å². The largest absolute Gasteiger partial charge is 0.449 e. The predicted octanol–water partition coefficient (Wildman–Crippen LogP) is 2.92. The lowest BCUT2D eigenvalue weighted by Crippen LogP contribution is -2.39. The van der Waals surface area contributed by atoms with Crippen molar-refractivity contribution in [1.82, 2.24) is 5.32 Å². The van der Waals surface area contributed by atoms with Crippen molar-refractivity contribution >= 4 is 33.9 Å². The highest BCUT2D eigenvalue weighted by atomic mass is 79.9. The molecule has 0 aromatic heterocycles. The second-order valence-electron chi connectivity index (χ2n) is 4.60. The second kappa shape index (κ2) is 7.85. The standard InChI is InChI=1S/C15H18BrNO3/c1-10(2)17-15(19)11(3)20-14(18)9-8-12-6-4-5-7-13(12)16/h4-11H,1-3H3,(H,17,19)/b9-8+/t11-/m1/s1. The second-order valence-corrected chi connectivity index (χ2v) is 5.45. The van der Waals surface area contributed by atoms with Crippen molar-refractivity contribution in [3.05, 3.63) is 40.4 Å². The summed E-state index contributed by atoms with van der Waals surface area (Å²) in [5, 5.41) is 2.68. The van der Waals surface area contributed by atoms with Gasteiger partial charge in [0.25, 0.3) is 5.91 Å². The molecule has 0 spiro atoms. The van der Waals surface area contributed by atoms with Crippen molar-refractivity contribution in [2.45, 2.75) is 32.9 Å². The zero-order valence-corrected chi connectivity index (χ0v) is 13.3. The molecule has 1 N–H and O–H groups in total. The topological polar surface area (TPSA) is 55.4 Å². The number of carbonyl (C=O) groups is 2. The Morgan fingerprint density at radius 2 is 1.90 bits per heavy atom. The van der Waals surface area contributed by atoms with E-state index < -0.39 is 12.1 Å². The lowest BCUT2D eigenvalue weighted by molar-refractivity contribution is -0.150. The number of hydrogen-bond donors (Lipinski definition) is 1. The fourth-order valence-electron chi connectivity index (χ4n) is 1.44. The van der Waals surface area contributed by atoms with Crippen molar-refractivity contribution in [2.24, 2.45) is 0 Å². The molecule has 0 aliphatic heterocycles. The van der Waals surface area contributed by atoms with Gasteiger partial charge in [0, 0.05) is 16.6 Å². The zero-order valence-electron chi connectivity index (χ0n) is 11.7. The molecule has 1 aromatic carbocycles. The van der Waals surface area contributed by atoms with Crippen molar-refractivity contribution in [3.63, 3.8) is 0 Å². The molecule has 0 aliphatic rings. The van der Waals surface area contributed by atoms with Crippen LogP contribution in [0.15, 0.2) is 34.8 Å². The van der Waals surface area contributed by atoms with Crippen LogP contribution in [0.3, 0.4) is 0 Å². The average molecular weight is 340 g/mol. The summed E-state index contributed by atoms with van der Waals surface area (Å²) in [6.07, 6.45) is 2.13. The van der Waals surface area contributed by atoms with Gasteiger partial charge < -0.3 is 10.1 Å². The van der Waals surface area contributed by atoms with Crippen molar-refractivity contribution < 1.29 is 14.3 Å². The van der Waals surface area contributed by atoms with Crippen LogP contribution in [-0.4, -0.2) is 24.0 Å². The lowest BCUT2D eigenvalue weighted by Gasteiger charge is -2.14. The molecule has 0 saturated carbocycles. The fourth-order valence-corrected chi connectivity index (χ4v) is 1.85. The Bertz CT molecular complexity index is 512. The number of halogens is 1. The van der Waals surface area contributed by atoms with E-state index in [1.165, 1.54) is 6.08 Å². The molecule has 0 unspecified atom stereocenters. The molecule has 108 valence electrons. The number of ether oxygens (including phenoxy) is 1. The van der Waals surface area contributed by atoms with Crippen LogP contribution in [-0.2, 0) is 14.3 Å². The van der Waals surface area contributed by atoms with Gasteiger partial charge in [-0.05, 0) is 38.5 Å². The molecule has 1 rings (SSSR count). The minimum Gasteiger partial charge on any atom is -0.449 e. The normalized spacial score (nSPS) is 12.4. The van der Waals surface area contributed by atoms with E-state index in [9.17, 15) is 9.59 Å². The third-order valence-corrected chi connectivity index (χ3v) is 3.12. The number of nitrogens with one attached hydrogen (secondary N) is 1. The molecule has 4 nitrogen and oxygen atoms in total. The average Bonchev–Trinajstić information content (AvgIpc) is 2.37. The van der Waals surface area contributed by atoms with Crippen LogP contribution < -0.4 is 5.32 Å². The van der Waals surface area contributed by atoms with E-state index in [2.05, 4.69) is 21.2 Å². The quantitative estimate of drug-likeness (QED) is 0.662. The Morgan fingerprint density at radius 1 is 1.25 bits per heavy atom. The highest BCUT2D eigenvalue weighted by Gasteiger charge is 2.16. The van der Waals surface area contributed by atoms with Gasteiger partial charge in [-0.2, -0.15) is 0 Å². The van der Waals surface area contributed by atoms with Crippen LogP contribution >= 0.6 is 15.9 Å². The molecule has 1 aromatic rings. The summed E-state index contributed by atoms with van der Waals surface area (Å²) in [4.78, 5) is 23.2. The molecule has 0 fully saturated rings. The number of benzene rings is 1. The van der Waals surface area contributed by atoms with E-state index in [0.717, 1.165) is 10.0 Å². The van der Waals surface area contributed by atoms with Gasteiger partial charge in [-0.3, -0.25) is 4.79 Å². The summed E-state index contributed by atoms with van der Waals surface area (Å²) in [7, 11) is 0. The Morgan fingerprint density at radius 3 is 2.50 bits per heavy atom. The summed E-state index contributed by atoms with van der Waals surface area (Å²) in [5.41, 5.74) is 0.865. The molecule has 0 bridgehead atoms. The minimum absolute atomic E-state index is 0.0134. The number of hydrogen-bond acceptors (Lipinski definition) is 3. The van der Waals surface area contributed by atoms with Gasteiger partial charge in [-0.25, -0.2) is 4.79 Å². The number of esters is 1. The van der Waals surface area contributed by atoms with Crippen LogP contribution in [0.25, 0.3) is 6.08 Å². The first-order valence-corrected chi connectivity index (χ1v) is 7.13. The van der Waals surface area contributed by atoms with Crippen LogP contribution in [0.4, 0.5) is 0 Å². The van der Waals surface area contributed by atoms with Gasteiger partial charge in [0.15, 0.2) is 6.10 Å². The van der Waals surface area contributed by atoms with E-state index >= 15 is 0 Å². The molecule has 0 saturated heterocycles. The molecule has 1 atom stereocenters. The Balaban J connectivity index is 2.56. The van der Waals surface area contributed by atoms with Gasteiger partial charge in [0.2, 0.25) is 0 Å². The maximum atomic E-state index is 11.6. The first kappa shape index (κ1) is 16.4. The molecule has 0 radical (unpaired) electrons.